The summed E-state index contributed by atoms with van der Waals surface area (Å²) in [6, 6.07) is 8.39. The van der Waals surface area contributed by atoms with E-state index in [0.29, 0.717) is 25.2 Å². The fourth-order valence-electron chi connectivity index (χ4n) is 3.74. The molecular weight excluding hydrogens is 321 g/mol. The van der Waals surface area contributed by atoms with Gasteiger partial charge in [0.2, 0.25) is 0 Å². The molecule has 0 amide bonds. The maximum atomic E-state index is 13.3. The lowest BCUT2D eigenvalue weighted by molar-refractivity contribution is 0.0716. The standard InChI is InChI=1S/C19H24FN3O2/c1-12-21-6-5-15(23-12)8-16-17(11-24)19(25)9-18(16)22-10-13-3-2-4-14(20)7-13/h2-7,16-19,22,24-25H,8-11H2,1H3/t16-,17-,18-,19-/m1/s1. The van der Waals surface area contributed by atoms with E-state index in [0.717, 1.165) is 11.3 Å². The highest BCUT2D eigenvalue weighted by Crippen LogP contribution is 2.34. The number of aliphatic hydroxyl groups excluding tert-OH is 2. The van der Waals surface area contributed by atoms with Crippen LogP contribution in [-0.2, 0) is 13.0 Å². The summed E-state index contributed by atoms with van der Waals surface area (Å²) in [6.45, 7) is 2.30. The molecule has 1 saturated carbocycles. The molecule has 1 aliphatic rings. The van der Waals surface area contributed by atoms with Crippen molar-refractivity contribution in [2.45, 2.75) is 38.5 Å². The molecular formula is C19H24FN3O2. The Hall–Kier alpha value is -1.89. The van der Waals surface area contributed by atoms with E-state index in [1.807, 2.05) is 19.1 Å². The Bertz CT molecular complexity index is 713. The van der Waals surface area contributed by atoms with E-state index in [2.05, 4.69) is 15.3 Å². The van der Waals surface area contributed by atoms with E-state index in [4.69, 9.17) is 0 Å². The van der Waals surface area contributed by atoms with Crippen LogP contribution < -0.4 is 5.32 Å². The summed E-state index contributed by atoms with van der Waals surface area (Å²) < 4.78 is 13.3. The van der Waals surface area contributed by atoms with Gasteiger partial charge in [-0.25, -0.2) is 14.4 Å². The van der Waals surface area contributed by atoms with E-state index in [1.165, 1.54) is 12.1 Å². The molecule has 0 spiro atoms. The molecule has 1 aromatic carbocycles. The predicted octanol–water partition coefficient (Wildman–Crippen LogP) is 1.61. The molecule has 0 bridgehead atoms. The van der Waals surface area contributed by atoms with E-state index < -0.39 is 6.10 Å². The maximum absolute atomic E-state index is 13.3. The van der Waals surface area contributed by atoms with Crippen LogP contribution in [0.3, 0.4) is 0 Å². The average molecular weight is 345 g/mol. The van der Waals surface area contributed by atoms with Gasteiger partial charge in [0.15, 0.2) is 0 Å². The van der Waals surface area contributed by atoms with Gasteiger partial charge in [-0.05, 0) is 49.4 Å². The normalized spacial score (nSPS) is 26.1. The number of aromatic nitrogens is 2. The number of hydrogen-bond donors (Lipinski definition) is 3. The molecule has 25 heavy (non-hydrogen) atoms. The second-order valence-electron chi connectivity index (χ2n) is 6.73. The zero-order valence-electron chi connectivity index (χ0n) is 14.3. The lowest BCUT2D eigenvalue weighted by Crippen LogP contribution is -2.36. The molecule has 3 N–H and O–H groups in total. The first kappa shape index (κ1) is 17.9. The van der Waals surface area contributed by atoms with Crippen LogP contribution in [0.2, 0.25) is 0 Å². The number of benzene rings is 1. The van der Waals surface area contributed by atoms with Gasteiger partial charge in [-0.1, -0.05) is 12.1 Å². The molecule has 1 heterocycles. The Morgan fingerprint density at radius 2 is 2.12 bits per heavy atom. The minimum Gasteiger partial charge on any atom is -0.396 e. The third-order valence-corrected chi connectivity index (χ3v) is 5.00. The molecule has 1 aliphatic carbocycles. The highest BCUT2D eigenvalue weighted by atomic mass is 19.1. The zero-order chi connectivity index (χ0) is 17.8. The van der Waals surface area contributed by atoms with Crippen molar-refractivity contribution >= 4 is 0 Å². The highest BCUT2D eigenvalue weighted by Gasteiger charge is 2.41. The zero-order valence-corrected chi connectivity index (χ0v) is 14.3. The van der Waals surface area contributed by atoms with Crippen molar-refractivity contribution in [1.29, 1.82) is 0 Å². The van der Waals surface area contributed by atoms with Gasteiger partial charge < -0.3 is 15.5 Å². The summed E-state index contributed by atoms with van der Waals surface area (Å²) in [5, 5.41) is 23.4. The first-order chi connectivity index (χ1) is 12.1. The van der Waals surface area contributed by atoms with Gasteiger partial charge in [0.1, 0.15) is 11.6 Å². The molecule has 3 rings (SSSR count). The molecule has 1 aromatic heterocycles. The third-order valence-electron chi connectivity index (χ3n) is 5.00. The Labute approximate surface area is 147 Å². The van der Waals surface area contributed by atoms with Gasteiger partial charge in [0.25, 0.3) is 0 Å². The van der Waals surface area contributed by atoms with Crippen LogP contribution in [0.1, 0.15) is 23.5 Å². The Morgan fingerprint density at radius 3 is 2.84 bits per heavy atom. The number of nitrogens with zero attached hydrogens (tertiary/aromatic N) is 2. The molecule has 2 aromatic rings. The number of nitrogens with one attached hydrogen (secondary N) is 1. The van der Waals surface area contributed by atoms with Crippen molar-refractivity contribution in [2.75, 3.05) is 6.61 Å². The Morgan fingerprint density at radius 1 is 1.28 bits per heavy atom. The van der Waals surface area contributed by atoms with Crippen molar-refractivity contribution in [3.63, 3.8) is 0 Å². The van der Waals surface area contributed by atoms with Gasteiger partial charge >= 0.3 is 0 Å². The van der Waals surface area contributed by atoms with Crippen molar-refractivity contribution < 1.29 is 14.6 Å². The summed E-state index contributed by atoms with van der Waals surface area (Å²) in [4.78, 5) is 8.55. The molecule has 1 fully saturated rings. The van der Waals surface area contributed by atoms with Crippen molar-refractivity contribution in [3.05, 3.63) is 59.4 Å². The Balaban J connectivity index is 1.71. The molecule has 0 aliphatic heterocycles. The Kier molecular flexibility index (Phi) is 5.73. The summed E-state index contributed by atoms with van der Waals surface area (Å²) in [6.07, 6.45) is 2.40. The lowest BCUT2D eigenvalue weighted by atomic mass is 9.88. The van der Waals surface area contributed by atoms with Crippen LogP contribution in [0.25, 0.3) is 0 Å². The van der Waals surface area contributed by atoms with Crippen molar-refractivity contribution in [1.82, 2.24) is 15.3 Å². The lowest BCUT2D eigenvalue weighted by Gasteiger charge is -2.25. The number of aryl methyl sites for hydroxylation is 1. The van der Waals surface area contributed by atoms with Crippen LogP contribution in [0.4, 0.5) is 4.39 Å². The van der Waals surface area contributed by atoms with Gasteiger partial charge in [-0.2, -0.15) is 0 Å². The first-order valence-corrected chi connectivity index (χ1v) is 8.62. The molecule has 0 unspecified atom stereocenters. The number of rotatable bonds is 6. The summed E-state index contributed by atoms with van der Waals surface area (Å²) in [5.74, 6) is 0.316. The fraction of sp³-hybridized carbons (Fsp3) is 0.474. The van der Waals surface area contributed by atoms with Gasteiger partial charge in [0, 0.05) is 37.0 Å². The van der Waals surface area contributed by atoms with Gasteiger partial charge in [0.05, 0.1) is 6.10 Å². The average Bonchev–Trinajstić information content (AvgIpc) is 2.88. The molecule has 4 atom stereocenters. The second kappa shape index (κ2) is 7.99. The van der Waals surface area contributed by atoms with E-state index in [9.17, 15) is 14.6 Å². The molecule has 5 nitrogen and oxygen atoms in total. The van der Waals surface area contributed by atoms with Crippen LogP contribution in [0, 0.1) is 24.6 Å². The van der Waals surface area contributed by atoms with E-state index in [-0.39, 0.29) is 30.3 Å². The van der Waals surface area contributed by atoms with Crippen LogP contribution in [0.15, 0.2) is 36.5 Å². The highest BCUT2D eigenvalue weighted by molar-refractivity contribution is 5.16. The SMILES string of the molecule is Cc1nccc(C[C@@H]2[C@@H](CO)[C@H](O)C[C@H]2NCc2cccc(F)c2)n1. The van der Waals surface area contributed by atoms with Crippen LogP contribution in [0.5, 0.6) is 0 Å². The minimum absolute atomic E-state index is 0.0330. The van der Waals surface area contributed by atoms with Crippen molar-refractivity contribution in [3.8, 4) is 0 Å². The largest absolute Gasteiger partial charge is 0.396 e. The van der Waals surface area contributed by atoms with Crippen LogP contribution >= 0.6 is 0 Å². The quantitative estimate of drug-likeness (QED) is 0.741. The summed E-state index contributed by atoms with van der Waals surface area (Å²) in [7, 11) is 0. The van der Waals surface area contributed by atoms with E-state index in [1.54, 1.807) is 12.3 Å². The summed E-state index contributed by atoms with van der Waals surface area (Å²) in [5.41, 5.74) is 1.76. The first-order valence-electron chi connectivity index (χ1n) is 8.62. The number of aliphatic hydroxyl groups is 2. The molecule has 0 saturated heterocycles. The molecule has 134 valence electrons. The summed E-state index contributed by atoms with van der Waals surface area (Å²) >= 11 is 0. The molecule has 6 heteroatoms. The molecule has 0 radical (unpaired) electrons. The van der Waals surface area contributed by atoms with Crippen molar-refractivity contribution in [2.24, 2.45) is 11.8 Å². The van der Waals surface area contributed by atoms with Crippen LogP contribution in [-0.4, -0.2) is 38.9 Å². The topological polar surface area (TPSA) is 78.3 Å². The minimum atomic E-state index is -0.553. The van der Waals surface area contributed by atoms with E-state index >= 15 is 0 Å². The monoisotopic (exact) mass is 345 g/mol. The number of halogens is 1. The van der Waals surface area contributed by atoms with Gasteiger partial charge in [-0.15, -0.1) is 0 Å². The number of hydrogen-bond acceptors (Lipinski definition) is 5. The third kappa shape index (κ3) is 4.39. The predicted molar refractivity (Wildman–Crippen MR) is 92.2 cm³/mol. The smallest absolute Gasteiger partial charge is 0.125 e. The maximum Gasteiger partial charge on any atom is 0.125 e. The second-order valence-corrected chi connectivity index (χ2v) is 6.73. The fourth-order valence-corrected chi connectivity index (χ4v) is 3.74. The van der Waals surface area contributed by atoms with Gasteiger partial charge in [-0.3, -0.25) is 0 Å².